The van der Waals surface area contributed by atoms with Crippen LogP contribution in [0.2, 0.25) is 0 Å². The van der Waals surface area contributed by atoms with Crippen LogP contribution >= 0.6 is 8.53 Å². The predicted molar refractivity (Wildman–Crippen MR) is 118 cm³/mol. The second kappa shape index (κ2) is 8.48. The van der Waals surface area contributed by atoms with Crippen LogP contribution < -0.4 is 11.2 Å². The number of aliphatic hydroxyl groups excluding tert-OH is 1. The summed E-state index contributed by atoms with van der Waals surface area (Å²) in [5, 5.41) is 9.91. The first-order valence-corrected chi connectivity index (χ1v) is 12.1. The molecule has 0 radical (unpaired) electrons. The van der Waals surface area contributed by atoms with Gasteiger partial charge < -0.3 is 18.9 Å². The molecule has 1 aromatic carbocycles. The smallest absolute Gasteiger partial charge is 0.330 e. The molecule has 32 heavy (non-hydrogen) atoms. The van der Waals surface area contributed by atoms with E-state index in [1.807, 2.05) is 18.2 Å². The molecule has 3 aliphatic rings. The number of hydrogen-bond acceptors (Lipinski definition) is 7. The average molecular weight is 461 g/mol. The highest BCUT2D eigenvalue weighted by atomic mass is 31.2. The Labute approximate surface area is 186 Å². The zero-order valence-electron chi connectivity index (χ0n) is 18.1. The van der Waals surface area contributed by atoms with Crippen molar-refractivity contribution in [3.63, 3.8) is 0 Å². The number of aromatic nitrogens is 2. The third-order valence-corrected chi connectivity index (χ3v) is 8.61. The molecule has 0 spiro atoms. The Morgan fingerprint density at radius 2 is 2.09 bits per heavy atom. The van der Waals surface area contributed by atoms with Crippen LogP contribution in [0.25, 0.3) is 0 Å². The van der Waals surface area contributed by atoms with E-state index in [1.165, 1.54) is 10.8 Å². The standard InChI is InChI=1S/C22H28N3O6P/c1-14-12-24(21(28)23-20(14)27)19-11-16(17(13-26)29-19)30-32-25-10-6-9-18(25)22(2,31-32)15-7-4-3-5-8-15/h3-5,7-8,12,16-19,26H,6,9-11,13H2,1-2H3,(H,23,27,28)/t16-,17-,18+,19-,22-,32+/m1/s1. The fourth-order valence-electron chi connectivity index (χ4n) is 4.94. The third kappa shape index (κ3) is 3.67. The molecule has 2 N–H and O–H groups in total. The molecule has 10 heteroatoms. The zero-order chi connectivity index (χ0) is 22.5. The lowest BCUT2D eigenvalue weighted by atomic mass is 9.87. The van der Waals surface area contributed by atoms with E-state index < -0.39 is 43.8 Å². The first-order valence-electron chi connectivity index (χ1n) is 11.0. The molecule has 3 fully saturated rings. The minimum absolute atomic E-state index is 0.228. The summed E-state index contributed by atoms with van der Waals surface area (Å²) in [6, 6.07) is 10.4. The van der Waals surface area contributed by atoms with Gasteiger partial charge in [-0.05, 0) is 32.3 Å². The molecule has 0 saturated carbocycles. The lowest BCUT2D eigenvalue weighted by Crippen LogP contribution is -2.36. The van der Waals surface area contributed by atoms with Crippen LogP contribution in [0, 0.1) is 6.92 Å². The number of ether oxygens (including phenoxy) is 1. The Balaban J connectivity index is 1.37. The maximum atomic E-state index is 12.3. The number of aryl methyl sites for hydroxylation is 1. The highest BCUT2D eigenvalue weighted by molar-refractivity contribution is 7.45. The second-order valence-electron chi connectivity index (χ2n) is 8.79. The number of aliphatic hydroxyl groups is 1. The van der Waals surface area contributed by atoms with Crippen LogP contribution in [-0.2, 0) is 19.4 Å². The normalized spacial score (nSPS) is 34.8. The van der Waals surface area contributed by atoms with Crippen molar-refractivity contribution < 1.29 is 18.9 Å². The van der Waals surface area contributed by atoms with Crippen LogP contribution in [0.1, 0.15) is 43.5 Å². The molecule has 4 heterocycles. The fraction of sp³-hybridized carbons (Fsp3) is 0.545. The van der Waals surface area contributed by atoms with Gasteiger partial charge in [-0.3, -0.25) is 14.3 Å². The summed E-state index contributed by atoms with van der Waals surface area (Å²) in [7, 11) is -1.35. The van der Waals surface area contributed by atoms with Gasteiger partial charge in [-0.15, -0.1) is 0 Å². The van der Waals surface area contributed by atoms with Crippen molar-refractivity contribution in [2.45, 2.75) is 63.2 Å². The third-order valence-electron chi connectivity index (χ3n) is 6.73. The lowest BCUT2D eigenvalue weighted by Gasteiger charge is -2.29. The number of fused-ring (bicyclic) bond motifs is 1. The summed E-state index contributed by atoms with van der Waals surface area (Å²) >= 11 is 0. The van der Waals surface area contributed by atoms with E-state index >= 15 is 0 Å². The molecular formula is C22H28N3O6P. The van der Waals surface area contributed by atoms with E-state index in [-0.39, 0.29) is 12.6 Å². The van der Waals surface area contributed by atoms with Gasteiger partial charge >= 0.3 is 5.69 Å². The Morgan fingerprint density at radius 3 is 2.84 bits per heavy atom. The lowest BCUT2D eigenvalue weighted by molar-refractivity contribution is -0.0436. The number of benzene rings is 1. The molecule has 0 aliphatic carbocycles. The second-order valence-corrected chi connectivity index (χ2v) is 10.2. The van der Waals surface area contributed by atoms with E-state index in [0.29, 0.717) is 12.0 Å². The molecule has 1 aromatic heterocycles. The Kier molecular flexibility index (Phi) is 5.82. The Morgan fingerprint density at radius 1 is 1.31 bits per heavy atom. The molecule has 9 nitrogen and oxygen atoms in total. The van der Waals surface area contributed by atoms with Crippen LogP contribution in [0.5, 0.6) is 0 Å². The summed E-state index contributed by atoms with van der Waals surface area (Å²) in [6.45, 7) is 4.42. The Hall–Kier alpha value is -1.87. The van der Waals surface area contributed by atoms with E-state index in [1.54, 1.807) is 6.92 Å². The number of H-pyrrole nitrogens is 1. The number of rotatable bonds is 5. The van der Waals surface area contributed by atoms with E-state index in [0.717, 1.165) is 24.9 Å². The van der Waals surface area contributed by atoms with Gasteiger partial charge in [0.2, 0.25) is 0 Å². The van der Waals surface area contributed by atoms with Crippen LogP contribution in [0.3, 0.4) is 0 Å². The quantitative estimate of drug-likeness (QED) is 0.658. The molecule has 0 bridgehead atoms. The largest absolute Gasteiger partial charge is 0.394 e. The van der Waals surface area contributed by atoms with Crippen molar-refractivity contribution in [2.24, 2.45) is 0 Å². The highest BCUT2D eigenvalue weighted by Gasteiger charge is 2.56. The van der Waals surface area contributed by atoms with Gasteiger partial charge in [-0.25, -0.2) is 9.46 Å². The highest BCUT2D eigenvalue weighted by Crippen LogP contribution is 2.63. The van der Waals surface area contributed by atoms with Gasteiger partial charge in [0.05, 0.1) is 18.8 Å². The molecule has 5 rings (SSSR count). The summed E-state index contributed by atoms with van der Waals surface area (Å²) in [5.41, 5.74) is 0.116. The number of nitrogens with one attached hydrogen (secondary N) is 1. The maximum Gasteiger partial charge on any atom is 0.330 e. The van der Waals surface area contributed by atoms with Crippen molar-refractivity contribution in [1.29, 1.82) is 0 Å². The zero-order valence-corrected chi connectivity index (χ0v) is 19.0. The molecule has 6 atom stereocenters. The summed E-state index contributed by atoms with van der Waals surface area (Å²) in [4.78, 5) is 26.3. The minimum Gasteiger partial charge on any atom is -0.394 e. The average Bonchev–Trinajstić information content (AvgIpc) is 3.49. The van der Waals surface area contributed by atoms with Crippen molar-refractivity contribution in [2.75, 3.05) is 13.2 Å². The van der Waals surface area contributed by atoms with Gasteiger partial charge in [-0.2, -0.15) is 0 Å². The topological polar surface area (TPSA) is 106 Å². The molecular weight excluding hydrogens is 433 g/mol. The van der Waals surface area contributed by atoms with Crippen LogP contribution in [-0.4, -0.2) is 50.7 Å². The van der Waals surface area contributed by atoms with Crippen molar-refractivity contribution in [1.82, 2.24) is 14.2 Å². The first-order chi connectivity index (χ1) is 15.4. The minimum atomic E-state index is -1.35. The van der Waals surface area contributed by atoms with Gasteiger partial charge in [0, 0.05) is 24.7 Å². The van der Waals surface area contributed by atoms with Gasteiger partial charge in [0.25, 0.3) is 14.1 Å². The molecule has 172 valence electrons. The summed E-state index contributed by atoms with van der Waals surface area (Å²) in [6.07, 6.45) is 2.32. The molecule has 0 unspecified atom stereocenters. The van der Waals surface area contributed by atoms with Crippen molar-refractivity contribution >= 4 is 8.53 Å². The summed E-state index contributed by atoms with van der Waals surface area (Å²) in [5.74, 6) is 0. The molecule has 3 saturated heterocycles. The fourth-order valence-corrected chi connectivity index (χ4v) is 7.08. The number of nitrogens with zero attached hydrogens (tertiary/aromatic N) is 2. The Bertz CT molecular complexity index is 1090. The number of aromatic amines is 1. The summed E-state index contributed by atoms with van der Waals surface area (Å²) < 4.78 is 22.6. The first kappa shape index (κ1) is 21.9. The molecule has 3 aliphatic heterocycles. The molecule has 0 amide bonds. The van der Waals surface area contributed by atoms with Gasteiger partial charge in [0.1, 0.15) is 17.9 Å². The monoisotopic (exact) mass is 461 g/mol. The van der Waals surface area contributed by atoms with Crippen LogP contribution in [0.4, 0.5) is 0 Å². The van der Waals surface area contributed by atoms with Gasteiger partial charge in [-0.1, -0.05) is 30.3 Å². The van der Waals surface area contributed by atoms with Gasteiger partial charge in [0.15, 0.2) is 0 Å². The van der Waals surface area contributed by atoms with Crippen molar-refractivity contribution in [3.05, 3.63) is 68.5 Å². The maximum absolute atomic E-state index is 12.3. The van der Waals surface area contributed by atoms with Crippen molar-refractivity contribution in [3.8, 4) is 0 Å². The predicted octanol–water partition coefficient (Wildman–Crippen LogP) is 2.15. The molecule has 2 aromatic rings. The van der Waals surface area contributed by atoms with E-state index in [4.69, 9.17) is 13.8 Å². The number of hydrogen-bond donors (Lipinski definition) is 2. The van der Waals surface area contributed by atoms with E-state index in [9.17, 15) is 14.7 Å². The SMILES string of the molecule is Cc1cn([C@H]2C[C@@H](O[P@@]3O[C@](C)(c4ccccc4)[C@@H]4CCCN43)[C@@H](CO)O2)c(=O)[nH]c1=O. The van der Waals surface area contributed by atoms with E-state index in [2.05, 4.69) is 28.7 Å². The van der Waals surface area contributed by atoms with Crippen LogP contribution in [0.15, 0.2) is 46.1 Å².